The van der Waals surface area contributed by atoms with E-state index in [1.54, 1.807) is 58.0 Å². The molecule has 2 atom stereocenters. The molecule has 0 bridgehead atoms. The molecule has 0 unspecified atom stereocenters. The Balaban J connectivity index is 1.91. The minimum absolute atomic E-state index is 0.0447. The number of nitrogens with zero attached hydrogens (tertiary/aromatic N) is 1. The van der Waals surface area contributed by atoms with Gasteiger partial charge in [-0.2, -0.15) is 0 Å². The summed E-state index contributed by atoms with van der Waals surface area (Å²) in [5, 5.41) is 12.5. The van der Waals surface area contributed by atoms with Crippen molar-refractivity contribution in [2.24, 2.45) is 5.92 Å². The quantitative estimate of drug-likeness (QED) is 0.663. The minimum atomic E-state index is -1.02. The van der Waals surface area contributed by atoms with Crippen LogP contribution in [0.5, 0.6) is 0 Å². The van der Waals surface area contributed by atoms with Crippen molar-refractivity contribution < 1.29 is 28.6 Å². The number of ether oxygens (including phenoxy) is 1. The smallest absolute Gasteiger partial charge is 0.412 e. The van der Waals surface area contributed by atoms with E-state index in [0.29, 0.717) is 36.2 Å². The lowest BCUT2D eigenvalue weighted by atomic mass is 9.84. The maximum Gasteiger partial charge on any atom is 0.412 e. The van der Waals surface area contributed by atoms with Crippen LogP contribution in [0.15, 0.2) is 42.5 Å². The van der Waals surface area contributed by atoms with Crippen LogP contribution in [0.25, 0.3) is 0 Å². The number of carboxylic acid groups (broad SMARTS) is 1. The molecule has 1 aliphatic heterocycles. The second-order valence-corrected chi connectivity index (χ2v) is 9.21. The first-order chi connectivity index (χ1) is 15.5. The summed E-state index contributed by atoms with van der Waals surface area (Å²) in [6, 6.07) is 10.3. The van der Waals surface area contributed by atoms with E-state index in [1.165, 1.54) is 17.0 Å². The van der Waals surface area contributed by atoms with Gasteiger partial charge in [0.05, 0.1) is 17.5 Å². The highest BCUT2D eigenvalue weighted by atomic mass is 19.1. The van der Waals surface area contributed by atoms with Crippen molar-refractivity contribution in [3.05, 3.63) is 65.0 Å². The van der Waals surface area contributed by atoms with Crippen molar-refractivity contribution in [1.82, 2.24) is 4.90 Å². The number of nitrogens with one attached hydrogen (secondary N) is 1. The van der Waals surface area contributed by atoms with Gasteiger partial charge in [0.2, 0.25) is 0 Å². The summed E-state index contributed by atoms with van der Waals surface area (Å²) in [5.74, 6) is -3.01. The number of anilines is 1. The van der Waals surface area contributed by atoms with Crippen LogP contribution in [0.4, 0.5) is 14.9 Å². The summed E-state index contributed by atoms with van der Waals surface area (Å²) >= 11 is 0. The molecule has 0 saturated carbocycles. The molecule has 0 spiro atoms. The van der Waals surface area contributed by atoms with Crippen LogP contribution >= 0.6 is 0 Å². The van der Waals surface area contributed by atoms with Gasteiger partial charge in [-0.05, 0) is 69.9 Å². The highest BCUT2D eigenvalue weighted by Gasteiger charge is 2.40. The molecule has 1 saturated heterocycles. The van der Waals surface area contributed by atoms with Crippen molar-refractivity contribution in [2.45, 2.75) is 52.2 Å². The van der Waals surface area contributed by atoms with Crippen molar-refractivity contribution in [3.63, 3.8) is 0 Å². The van der Waals surface area contributed by atoms with E-state index in [0.717, 1.165) is 0 Å². The fourth-order valence-corrected chi connectivity index (χ4v) is 4.13. The molecule has 1 heterocycles. The lowest BCUT2D eigenvalue weighted by Gasteiger charge is -2.40. The number of aryl methyl sites for hydroxylation is 1. The molecule has 1 aliphatic rings. The summed E-state index contributed by atoms with van der Waals surface area (Å²) in [6.07, 6.45) is 0.298. The van der Waals surface area contributed by atoms with Crippen LogP contribution in [0.2, 0.25) is 0 Å². The second kappa shape index (κ2) is 9.60. The highest BCUT2D eigenvalue weighted by molar-refractivity contribution is 5.96. The molecule has 0 aromatic heterocycles. The van der Waals surface area contributed by atoms with E-state index in [9.17, 15) is 23.9 Å². The number of halogens is 1. The van der Waals surface area contributed by atoms with Crippen molar-refractivity contribution in [3.8, 4) is 0 Å². The van der Waals surface area contributed by atoms with Crippen LogP contribution in [0.1, 0.15) is 61.1 Å². The largest absolute Gasteiger partial charge is 0.481 e. The SMILES string of the molecule is Cc1cccc(F)c1C(=O)N1CCC[C@H](C(=O)O)[C@@H]1c1ccc(NC(=O)OC(C)(C)C)cc1. The first-order valence-corrected chi connectivity index (χ1v) is 10.9. The van der Waals surface area contributed by atoms with Crippen LogP contribution < -0.4 is 5.32 Å². The van der Waals surface area contributed by atoms with E-state index < -0.39 is 41.3 Å². The molecule has 0 aliphatic carbocycles. The van der Waals surface area contributed by atoms with Gasteiger partial charge in [0, 0.05) is 12.2 Å². The molecule has 2 N–H and O–H groups in total. The lowest BCUT2D eigenvalue weighted by molar-refractivity contribution is -0.145. The van der Waals surface area contributed by atoms with Crippen LogP contribution in [0.3, 0.4) is 0 Å². The third-order valence-corrected chi connectivity index (χ3v) is 5.54. The van der Waals surface area contributed by atoms with Gasteiger partial charge in [-0.15, -0.1) is 0 Å². The first kappa shape index (κ1) is 24.2. The van der Waals surface area contributed by atoms with Crippen molar-refractivity contribution in [1.29, 1.82) is 0 Å². The van der Waals surface area contributed by atoms with E-state index in [1.807, 2.05) is 0 Å². The Kier molecular flexibility index (Phi) is 7.05. The number of carbonyl (C=O) groups is 3. The van der Waals surface area contributed by atoms with E-state index in [4.69, 9.17) is 4.74 Å². The number of hydrogen-bond acceptors (Lipinski definition) is 4. The molecule has 2 aromatic carbocycles. The zero-order valence-corrected chi connectivity index (χ0v) is 19.2. The fraction of sp³-hybridized carbons (Fsp3) is 0.400. The average Bonchev–Trinajstić information content (AvgIpc) is 2.72. The molecule has 2 aromatic rings. The van der Waals surface area contributed by atoms with Crippen molar-refractivity contribution in [2.75, 3.05) is 11.9 Å². The zero-order chi connectivity index (χ0) is 24.3. The predicted octanol–water partition coefficient (Wildman–Crippen LogP) is 5.16. The van der Waals surface area contributed by atoms with Gasteiger partial charge < -0.3 is 14.7 Å². The fourth-order valence-electron chi connectivity index (χ4n) is 4.13. The summed E-state index contributed by atoms with van der Waals surface area (Å²) < 4.78 is 19.8. The second-order valence-electron chi connectivity index (χ2n) is 9.21. The minimum Gasteiger partial charge on any atom is -0.481 e. The van der Waals surface area contributed by atoms with Crippen LogP contribution in [-0.2, 0) is 9.53 Å². The number of carboxylic acids is 1. The highest BCUT2D eigenvalue weighted by Crippen LogP contribution is 2.38. The Morgan fingerprint density at radius 1 is 1.12 bits per heavy atom. The van der Waals surface area contributed by atoms with Gasteiger partial charge in [0.25, 0.3) is 5.91 Å². The van der Waals surface area contributed by atoms with E-state index >= 15 is 0 Å². The van der Waals surface area contributed by atoms with Gasteiger partial charge in [0.15, 0.2) is 0 Å². The standard InChI is InChI=1S/C25H29FN2O5/c1-15-7-5-9-19(26)20(15)22(29)28-14-6-8-18(23(30)31)21(28)16-10-12-17(13-11-16)27-24(32)33-25(2,3)4/h5,7,9-13,18,21H,6,8,14H2,1-4H3,(H,27,32)(H,30,31)/t18-,21-/m0/s1. The van der Waals surface area contributed by atoms with Crippen LogP contribution in [-0.4, -0.2) is 40.1 Å². The molecule has 7 nitrogen and oxygen atoms in total. The van der Waals surface area contributed by atoms with Gasteiger partial charge in [-0.25, -0.2) is 9.18 Å². The van der Waals surface area contributed by atoms with Gasteiger partial charge in [0.1, 0.15) is 11.4 Å². The number of benzene rings is 2. The third kappa shape index (κ3) is 5.69. The van der Waals surface area contributed by atoms with Crippen LogP contribution in [0, 0.1) is 18.7 Å². The summed E-state index contributed by atoms with van der Waals surface area (Å²) in [4.78, 5) is 38.9. The molecule has 3 rings (SSSR count). The number of hydrogen-bond donors (Lipinski definition) is 2. The molecule has 8 heteroatoms. The lowest BCUT2D eigenvalue weighted by Crippen LogP contribution is -2.45. The van der Waals surface area contributed by atoms with Crippen molar-refractivity contribution >= 4 is 23.7 Å². The number of carbonyl (C=O) groups excluding carboxylic acids is 2. The monoisotopic (exact) mass is 456 g/mol. The predicted molar refractivity (Wildman–Crippen MR) is 122 cm³/mol. The topological polar surface area (TPSA) is 95.9 Å². The Morgan fingerprint density at radius 3 is 2.36 bits per heavy atom. The van der Waals surface area contributed by atoms with Gasteiger partial charge >= 0.3 is 12.1 Å². The Morgan fingerprint density at radius 2 is 1.79 bits per heavy atom. The normalized spacial score (nSPS) is 18.5. The van der Waals surface area contributed by atoms with Gasteiger partial charge in [-0.3, -0.25) is 14.9 Å². The zero-order valence-electron chi connectivity index (χ0n) is 19.2. The third-order valence-electron chi connectivity index (χ3n) is 5.54. The Hall–Kier alpha value is -3.42. The molecular formula is C25H29FN2O5. The Bertz CT molecular complexity index is 1030. The summed E-state index contributed by atoms with van der Waals surface area (Å²) in [5.41, 5.74) is 0.870. The first-order valence-electron chi connectivity index (χ1n) is 10.9. The van der Waals surface area contributed by atoms with E-state index in [-0.39, 0.29) is 5.56 Å². The van der Waals surface area contributed by atoms with Gasteiger partial charge in [-0.1, -0.05) is 24.3 Å². The number of aliphatic carboxylic acids is 1. The molecule has 2 amide bonds. The molecule has 0 radical (unpaired) electrons. The summed E-state index contributed by atoms with van der Waals surface area (Å²) in [6.45, 7) is 7.25. The maximum absolute atomic E-state index is 14.5. The number of piperidine rings is 1. The summed E-state index contributed by atoms with van der Waals surface area (Å²) in [7, 11) is 0. The molecular weight excluding hydrogens is 427 g/mol. The molecule has 176 valence electrons. The number of amides is 2. The molecule has 33 heavy (non-hydrogen) atoms. The Labute approximate surface area is 192 Å². The molecule has 1 fully saturated rings. The average molecular weight is 457 g/mol. The number of likely N-dealkylation sites (tertiary alicyclic amines) is 1. The van der Waals surface area contributed by atoms with E-state index in [2.05, 4.69) is 5.32 Å². The number of rotatable bonds is 4. The maximum atomic E-state index is 14.5.